The van der Waals surface area contributed by atoms with E-state index in [2.05, 4.69) is 20.3 Å². The number of hydrogen-bond donors (Lipinski definition) is 3. The lowest BCUT2D eigenvalue weighted by atomic mass is 9.84. The second-order valence-corrected chi connectivity index (χ2v) is 10.4. The number of pyridine rings is 1. The molecular formula is C25H30F3N5O3. The van der Waals surface area contributed by atoms with E-state index in [-0.39, 0.29) is 53.7 Å². The largest absolute Gasteiger partial charge is 0.506 e. The molecule has 0 radical (unpaired) electrons. The van der Waals surface area contributed by atoms with Crippen molar-refractivity contribution in [3.8, 4) is 17.0 Å². The third-order valence-electron chi connectivity index (χ3n) is 7.96. The molecule has 1 aliphatic heterocycles. The summed E-state index contributed by atoms with van der Waals surface area (Å²) < 4.78 is 38.8. The number of amides is 2. The van der Waals surface area contributed by atoms with E-state index >= 15 is 0 Å². The van der Waals surface area contributed by atoms with Gasteiger partial charge >= 0.3 is 6.18 Å². The van der Waals surface area contributed by atoms with Gasteiger partial charge in [0.05, 0.1) is 17.8 Å². The third-order valence-corrected chi connectivity index (χ3v) is 7.96. The highest BCUT2D eigenvalue weighted by Gasteiger charge is 2.55. The number of nitrogens with zero attached hydrogens (tertiary/aromatic N) is 3. The van der Waals surface area contributed by atoms with Crippen LogP contribution in [0.4, 0.5) is 13.2 Å². The van der Waals surface area contributed by atoms with E-state index in [1.54, 1.807) is 24.1 Å². The fourth-order valence-electron chi connectivity index (χ4n) is 5.69. The number of hydrogen-bond acceptors (Lipinski definition) is 5. The highest BCUT2D eigenvalue weighted by Crippen LogP contribution is 2.50. The number of halogens is 3. The lowest BCUT2D eigenvalue weighted by Crippen LogP contribution is -2.52. The van der Waals surface area contributed by atoms with Crippen LogP contribution >= 0.6 is 0 Å². The molecule has 1 unspecified atom stereocenters. The number of carbonyl (C=O) groups excluding carboxylic acids is 2. The van der Waals surface area contributed by atoms with E-state index in [0.717, 1.165) is 12.8 Å². The first-order valence-electron chi connectivity index (χ1n) is 12.5. The number of carbonyl (C=O) groups is 2. The summed E-state index contributed by atoms with van der Waals surface area (Å²) in [7, 11) is 0. The molecule has 8 nitrogen and oxygen atoms in total. The molecule has 2 aromatic rings. The van der Waals surface area contributed by atoms with Crippen molar-refractivity contribution in [2.24, 2.45) is 11.8 Å². The lowest BCUT2D eigenvalue weighted by molar-refractivity contribution is -0.182. The van der Waals surface area contributed by atoms with E-state index in [0.29, 0.717) is 49.2 Å². The molecule has 3 heterocycles. The average Bonchev–Trinajstić information content (AvgIpc) is 3.41. The summed E-state index contributed by atoms with van der Waals surface area (Å²) in [5.41, 5.74) is 1.26. The molecule has 3 aliphatic rings. The molecule has 2 aliphatic carbocycles. The third kappa shape index (κ3) is 4.79. The van der Waals surface area contributed by atoms with Gasteiger partial charge in [-0.25, -0.2) is 4.98 Å². The van der Waals surface area contributed by atoms with Gasteiger partial charge in [0.25, 0.3) is 5.91 Å². The number of aromatic amines is 1. The normalized spacial score (nSPS) is 25.6. The zero-order valence-electron chi connectivity index (χ0n) is 20.1. The number of likely N-dealkylation sites (tertiary alicyclic amines) is 1. The molecule has 3 fully saturated rings. The summed E-state index contributed by atoms with van der Waals surface area (Å²) in [6.45, 7) is 2.21. The summed E-state index contributed by atoms with van der Waals surface area (Å²) in [6.07, 6.45) is 2.17. The minimum atomic E-state index is -4.17. The lowest BCUT2D eigenvalue weighted by Gasteiger charge is -2.40. The second kappa shape index (κ2) is 9.08. The zero-order chi connectivity index (χ0) is 25.7. The van der Waals surface area contributed by atoms with E-state index in [1.165, 1.54) is 6.20 Å². The van der Waals surface area contributed by atoms with Gasteiger partial charge in [-0.1, -0.05) is 0 Å². The molecule has 0 bridgehead atoms. The Labute approximate surface area is 206 Å². The first-order chi connectivity index (χ1) is 17.1. The van der Waals surface area contributed by atoms with Crippen molar-refractivity contribution in [1.82, 2.24) is 25.2 Å². The number of aromatic hydroxyl groups is 1. The molecule has 1 saturated heterocycles. The van der Waals surface area contributed by atoms with E-state index in [9.17, 15) is 27.9 Å². The van der Waals surface area contributed by atoms with Gasteiger partial charge in [-0.3, -0.25) is 14.6 Å². The Bertz CT molecular complexity index is 1150. The molecule has 2 amide bonds. The summed E-state index contributed by atoms with van der Waals surface area (Å²) in [5, 5.41) is 13.1. The van der Waals surface area contributed by atoms with Crippen LogP contribution in [-0.4, -0.2) is 61.1 Å². The maximum absolute atomic E-state index is 13.3. The fraction of sp³-hybridized carbons (Fsp3) is 0.600. The van der Waals surface area contributed by atoms with Gasteiger partial charge in [0, 0.05) is 41.5 Å². The molecule has 3 N–H and O–H groups in total. The van der Waals surface area contributed by atoms with E-state index in [1.807, 2.05) is 0 Å². The molecular weight excluding hydrogens is 475 g/mol. The predicted octanol–water partition coefficient (Wildman–Crippen LogP) is 4.11. The number of aromatic nitrogens is 3. The Hall–Kier alpha value is -3.11. The number of nitrogens with one attached hydrogen (secondary N) is 2. The van der Waals surface area contributed by atoms with Crippen molar-refractivity contribution in [2.75, 3.05) is 6.54 Å². The van der Waals surface area contributed by atoms with Gasteiger partial charge in [0.1, 0.15) is 5.75 Å². The quantitative estimate of drug-likeness (QED) is 0.579. The predicted molar refractivity (Wildman–Crippen MR) is 124 cm³/mol. The molecule has 1 atom stereocenters. The Kier molecular flexibility index (Phi) is 6.20. The van der Waals surface area contributed by atoms with Crippen LogP contribution in [-0.2, 0) is 4.79 Å². The number of imidazole rings is 1. The topological polar surface area (TPSA) is 111 Å². The Morgan fingerprint density at radius 2 is 1.92 bits per heavy atom. The van der Waals surface area contributed by atoms with Crippen LogP contribution in [0, 0.1) is 18.8 Å². The van der Waals surface area contributed by atoms with Crippen LogP contribution in [0.2, 0.25) is 0 Å². The fourth-order valence-corrected chi connectivity index (χ4v) is 5.69. The van der Waals surface area contributed by atoms with Gasteiger partial charge in [-0.05, 0) is 64.4 Å². The van der Waals surface area contributed by atoms with Crippen molar-refractivity contribution < 1.29 is 27.9 Å². The Morgan fingerprint density at radius 1 is 1.19 bits per heavy atom. The molecule has 194 valence electrons. The van der Waals surface area contributed by atoms with Crippen molar-refractivity contribution >= 4 is 11.8 Å². The second-order valence-electron chi connectivity index (χ2n) is 10.4. The number of piperidine rings is 1. The van der Waals surface area contributed by atoms with Crippen LogP contribution < -0.4 is 5.32 Å². The molecule has 11 heteroatoms. The standard InChI is InChI=1S/C25H30F3N5O3/c1-14-10-18(20(34)13-29-14)19-12-30-21(32-19)23(36)33-9-6-15(11-24(33)7-8-24)22(35)31-17-4-2-16(3-5-17)25(26,27)28/h10,12-13,15-17,34H,2-9,11H2,1H3,(H,30,32)(H,31,35). The Balaban J connectivity index is 1.20. The van der Waals surface area contributed by atoms with Gasteiger partial charge in [0.2, 0.25) is 5.91 Å². The molecule has 1 spiro atoms. The van der Waals surface area contributed by atoms with Gasteiger partial charge in [-0.15, -0.1) is 0 Å². The van der Waals surface area contributed by atoms with Crippen molar-refractivity contribution in [3.05, 3.63) is 30.0 Å². The number of rotatable bonds is 4. The molecule has 0 aromatic carbocycles. The maximum atomic E-state index is 13.3. The van der Waals surface area contributed by atoms with Crippen LogP contribution in [0.1, 0.15) is 67.7 Å². The number of aryl methyl sites for hydroxylation is 1. The SMILES string of the molecule is Cc1cc(-c2c[nH]c(C(=O)N3CCC(C(=O)NC4CCC(C(F)(F)F)CC4)CC34CC4)n2)c(O)cn1. The van der Waals surface area contributed by atoms with Crippen LogP contribution in [0.25, 0.3) is 11.3 Å². The van der Waals surface area contributed by atoms with Gasteiger partial charge < -0.3 is 20.3 Å². The molecule has 2 aromatic heterocycles. The van der Waals surface area contributed by atoms with Gasteiger partial charge in [-0.2, -0.15) is 13.2 Å². The zero-order valence-corrected chi connectivity index (χ0v) is 20.1. The summed E-state index contributed by atoms with van der Waals surface area (Å²) in [6, 6.07) is 1.47. The van der Waals surface area contributed by atoms with Crippen LogP contribution in [0.15, 0.2) is 18.5 Å². The van der Waals surface area contributed by atoms with E-state index in [4.69, 9.17) is 0 Å². The summed E-state index contributed by atoms with van der Waals surface area (Å²) >= 11 is 0. The van der Waals surface area contributed by atoms with Crippen LogP contribution in [0.5, 0.6) is 5.75 Å². The molecule has 2 saturated carbocycles. The average molecular weight is 506 g/mol. The monoisotopic (exact) mass is 505 g/mol. The number of H-pyrrole nitrogens is 1. The minimum absolute atomic E-state index is 0.0246. The van der Waals surface area contributed by atoms with Gasteiger partial charge in [0.15, 0.2) is 5.82 Å². The first-order valence-corrected chi connectivity index (χ1v) is 12.5. The van der Waals surface area contributed by atoms with Crippen molar-refractivity contribution in [2.45, 2.75) is 76.0 Å². The Morgan fingerprint density at radius 3 is 2.58 bits per heavy atom. The summed E-state index contributed by atoms with van der Waals surface area (Å²) in [4.78, 5) is 39.4. The summed E-state index contributed by atoms with van der Waals surface area (Å²) in [5.74, 6) is -1.75. The highest BCUT2D eigenvalue weighted by molar-refractivity contribution is 5.92. The maximum Gasteiger partial charge on any atom is 0.391 e. The first kappa shape index (κ1) is 24.6. The molecule has 36 heavy (non-hydrogen) atoms. The number of alkyl halides is 3. The van der Waals surface area contributed by atoms with Crippen molar-refractivity contribution in [1.29, 1.82) is 0 Å². The smallest absolute Gasteiger partial charge is 0.391 e. The van der Waals surface area contributed by atoms with E-state index < -0.39 is 12.1 Å². The highest BCUT2D eigenvalue weighted by atomic mass is 19.4. The van der Waals surface area contributed by atoms with Crippen LogP contribution in [0.3, 0.4) is 0 Å². The minimum Gasteiger partial charge on any atom is -0.506 e. The molecule has 5 rings (SSSR count). The van der Waals surface area contributed by atoms with Crippen molar-refractivity contribution in [3.63, 3.8) is 0 Å².